The van der Waals surface area contributed by atoms with Gasteiger partial charge in [0, 0.05) is 23.5 Å². The van der Waals surface area contributed by atoms with Gasteiger partial charge in [-0.25, -0.2) is 4.98 Å². The minimum absolute atomic E-state index is 0.478. The van der Waals surface area contributed by atoms with Crippen LogP contribution >= 0.6 is 11.6 Å². The fourth-order valence-electron chi connectivity index (χ4n) is 2.05. The summed E-state index contributed by atoms with van der Waals surface area (Å²) in [5, 5.41) is 5.08. The Hall–Kier alpha value is -1.38. The molecular weight excluding hydrogens is 268 g/mol. The van der Waals surface area contributed by atoms with E-state index in [1.165, 1.54) is 11.1 Å². The summed E-state index contributed by atoms with van der Waals surface area (Å²) in [6.07, 6.45) is 2.10. The third-order valence-electron chi connectivity index (χ3n) is 3.14. The zero-order valence-corrected chi connectivity index (χ0v) is 13.3. The Morgan fingerprint density at radius 3 is 2.80 bits per heavy atom. The van der Waals surface area contributed by atoms with E-state index in [1.807, 2.05) is 0 Å². The van der Waals surface area contributed by atoms with E-state index >= 15 is 0 Å². The van der Waals surface area contributed by atoms with E-state index in [9.17, 15) is 0 Å². The highest BCUT2D eigenvalue weighted by Gasteiger charge is 2.04. The SMILES string of the molecule is CC(=Cc1cc2ccc(C)cc2nc1Cl)CNC(C)C. The van der Waals surface area contributed by atoms with Crippen molar-refractivity contribution in [1.82, 2.24) is 10.3 Å². The Labute approximate surface area is 125 Å². The van der Waals surface area contributed by atoms with Gasteiger partial charge in [-0.15, -0.1) is 0 Å². The lowest BCUT2D eigenvalue weighted by Gasteiger charge is -2.09. The second-order valence-electron chi connectivity index (χ2n) is 5.59. The molecule has 0 amide bonds. The largest absolute Gasteiger partial charge is 0.311 e. The zero-order chi connectivity index (χ0) is 14.7. The maximum absolute atomic E-state index is 6.29. The average Bonchev–Trinajstić information content (AvgIpc) is 2.37. The topological polar surface area (TPSA) is 24.9 Å². The smallest absolute Gasteiger partial charge is 0.136 e. The summed E-state index contributed by atoms with van der Waals surface area (Å²) < 4.78 is 0. The molecule has 0 unspecified atom stereocenters. The maximum Gasteiger partial charge on any atom is 0.136 e. The Balaban J connectivity index is 2.32. The van der Waals surface area contributed by atoms with Gasteiger partial charge in [0.2, 0.25) is 0 Å². The Kier molecular flexibility index (Phi) is 4.79. The third kappa shape index (κ3) is 3.81. The predicted octanol–water partition coefficient (Wildman–Crippen LogP) is 4.60. The number of fused-ring (bicyclic) bond motifs is 1. The van der Waals surface area contributed by atoms with Gasteiger partial charge in [-0.05, 0) is 31.5 Å². The van der Waals surface area contributed by atoms with Crippen molar-refractivity contribution in [3.63, 3.8) is 0 Å². The van der Waals surface area contributed by atoms with Crippen LogP contribution in [0.4, 0.5) is 0 Å². The normalized spacial score (nSPS) is 12.4. The van der Waals surface area contributed by atoms with Crippen LogP contribution in [0.2, 0.25) is 5.15 Å². The monoisotopic (exact) mass is 288 g/mol. The van der Waals surface area contributed by atoms with Crippen LogP contribution in [-0.2, 0) is 0 Å². The fraction of sp³-hybridized carbons (Fsp3) is 0.353. The molecule has 2 aromatic rings. The highest BCUT2D eigenvalue weighted by Crippen LogP contribution is 2.23. The lowest BCUT2D eigenvalue weighted by Crippen LogP contribution is -2.24. The Bertz CT molecular complexity index is 645. The lowest BCUT2D eigenvalue weighted by molar-refractivity contribution is 0.623. The molecule has 0 aliphatic carbocycles. The zero-order valence-electron chi connectivity index (χ0n) is 12.5. The molecule has 0 fully saturated rings. The fourth-order valence-corrected chi connectivity index (χ4v) is 2.25. The second kappa shape index (κ2) is 6.38. The van der Waals surface area contributed by atoms with Crippen LogP contribution in [0.15, 0.2) is 29.8 Å². The van der Waals surface area contributed by atoms with E-state index in [0.29, 0.717) is 11.2 Å². The van der Waals surface area contributed by atoms with Crippen molar-refractivity contribution >= 4 is 28.6 Å². The molecule has 0 spiro atoms. The van der Waals surface area contributed by atoms with Crippen LogP contribution in [0.3, 0.4) is 0 Å². The molecule has 2 nitrogen and oxygen atoms in total. The summed E-state index contributed by atoms with van der Waals surface area (Å²) in [6, 6.07) is 8.82. The molecule has 0 saturated heterocycles. The Morgan fingerprint density at radius 2 is 2.10 bits per heavy atom. The quantitative estimate of drug-likeness (QED) is 0.832. The molecule has 1 aromatic carbocycles. The molecule has 106 valence electrons. The van der Waals surface area contributed by atoms with E-state index < -0.39 is 0 Å². The lowest BCUT2D eigenvalue weighted by atomic mass is 10.1. The highest BCUT2D eigenvalue weighted by atomic mass is 35.5. The molecule has 0 atom stereocenters. The summed E-state index contributed by atoms with van der Waals surface area (Å²) in [7, 11) is 0. The van der Waals surface area contributed by atoms with Gasteiger partial charge < -0.3 is 5.32 Å². The molecule has 0 radical (unpaired) electrons. The van der Waals surface area contributed by atoms with Crippen molar-refractivity contribution in [2.75, 3.05) is 6.54 Å². The van der Waals surface area contributed by atoms with E-state index in [2.05, 4.69) is 68.3 Å². The molecule has 1 N–H and O–H groups in total. The molecule has 0 aliphatic heterocycles. The van der Waals surface area contributed by atoms with Crippen molar-refractivity contribution in [1.29, 1.82) is 0 Å². The van der Waals surface area contributed by atoms with Gasteiger partial charge >= 0.3 is 0 Å². The van der Waals surface area contributed by atoms with Crippen LogP contribution in [0.5, 0.6) is 0 Å². The molecule has 3 heteroatoms. The van der Waals surface area contributed by atoms with E-state index in [4.69, 9.17) is 11.6 Å². The molecule has 0 bridgehead atoms. The van der Waals surface area contributed by atoms with Gasteiger partial charge in [0.25, 0.3) is 0 Å². The van der Waals surface area contributed by atoms with Crippen LogP contribution in [0, 0.1) is 6.92 Å². The van der Waals surface area contributed by atoms with Crippen LogP contribution in [0.1, 0.15) is 31.9 Å². The van der Waals surface area contributed by atoms with Crippen molar-refractivity contribution in [3.05, 3.63) is 46.1 Å². The van der Waals surface area contributed by atoms with E-state index in [-0.39, 0.29) is 0 Å². The Morgan fingerprint density at radius 1 is 1.35 bits per heavy atom. The van der Waals surface area contributed by atoms with Crippen molar-refractivity contribution in [3.8, 4) is 0 Å². The number of halogens is 1. The minimum atomic E-state index is 0.478. The first-order valence-corrected chi connectivity index (χ1v) is 7.31. The number of pyridine rings is 1. The van der Waals surface area contributed by atoms with E-state index in [1.54, 1.807) is 0 Å². The van der Waals surface area contributed by atoms with Gasteiger partial charge in [0.15, 0.2) is 0 Å². The van der Waals surface area contributed by atoms with E-state index in [0.717, 1.165) is 23.0 Å². The molecule has 2 rings (SSSR count). The number of benzene rings is 1. The molecular formula is C17H21ClN2. The van der Waals surface area contributed by atoms with Gasteiger partial charge in [-0.2, -0.15) is 0 Å². The molecule has 0 aliphatic rings. The molecule has 1 heterocycles. The molecule has 20 heavy (non-hydrogen) atoms. The first kappa shape index (κ1) is 15.0. The van der Waals surface area contributed by atoms with Crippen LogP contribution < -0.4 is 5.32 Å². The van der Waals surface area contributed by atoms with Crippen molar-refractivity contribution < 1.29 is 0 Å². The standard InChI is InChI=1S/C17H21ClN2/c1-11(2)19-10-13(4)7-15-9-14-6-5-12(3)8-16(14)20-17(15)18/h5-9,11,19H,10H2,1-4H3. The number of nitrogens with zero attached hydrogens (tertiary/aromatic N) is 1. The summed E-state index contributed by atoms with van der Waals surface area (Å²) in [4.78, 5) is 4.49. The number of rotatable bonds is 4. The number of hydrogen-bond donors (Lipinski definition) is 1. The number of hydrogen-bond acceptors (Lipinski definition) is 2. The predicted molar refractivity (Wildman–Crippen MR) is 88.3 cm³/mol. The van der Waals surface area contributed by atoms with Crippen LogP contribution in [-0.4, -0.2) is 17.6 Å². The summed E-state index contributed by atoms with van der Waals surface area (Å²) >= 11 is 6.29. The summed E-state index contributed by atoms with van der Waals surface area (Å²) in [6.45, 7) is 9.30. The third-order valence-corrected chi connectivity index (χ3v) is 3.45. The number of aromatic nitrogens is 1. The van der Waals surface area contributed by atoms with Gasteiger partial charge in [0.1, 0.15) is 5.15 Å². The van der Waals surface area contributed by atoms with Gasteiger partial charge in [-0.3, -0.25) is 0 Å². The average molecular weight is 289 g/mol. The van der Waals surface area contributed by atoms with Gasteiger partial charge in [-0.1, -0.05) is 49.2 Å². The first-order chi connectivity index (χ1) is 9.45. The molecule has 1 aromatic heterocycles. The van der Waals surface area contributed by atoms with Crippen LogP contribution in [0.25, 0.3) is 17.0 Å². The van der Waals surface area contributed by atoms with Gasteiger partial charge in [0.05, 0.1) is 5.52 Å². The minimum Gasteiger partial charge on any atom is -0.311 e. The molecule has 0 saturated carbocycles. The number of nitrogens with one attached hydrogen (secondary N) is 1. The summed E-state index contributed by atoms with van der Waals surface area (Å²) in [5.74, 6) is 0. The second-order valence-corrected chi connectivity index (χ2v) is 5.95. The van der Waals surface area contributed by atoms with Crippen molar-refractivity contribution in [2.45, 2.75) is 33.7 Å². The first-order valence-electron chi connectivity index (χ1n) is 6.93. The number of aryl methyl sites for hydroxylation is 1. The van der Waals surface area contributed by atoms with Crippen molar-refractivity contribution in [2.24, 2.45) is 0 Å². The highest BCUT2D eigenvalue weighted by molar-refractivity contribution is 6.31. The maximum atomic E-state index is 6.29. The summed E-state index contributed by atoms with van der Waals surface area (Å²) in [5.41, 5.74) is 4.37.